The molecule has 0 bridgehead atoms. The van der Waals surface area contributed by atoms with Gasteiger partial charge < -0.3 is 10.2 Å². The molecule has 2 saturated heterocycles. The van der Waals surface area contributed by atoms with Gasteiger partial charge in [0.1, 0.15) is 0 Å². The molecule has 0 aliphatic carbocycles. The fraction of sp³-hybridized carbons (Fsp3) is 0.867. The number of amides is 1. The van der Waals surface area contributed by atoms with Crippen LogP contribution in [-0.4, -0.2) is 41.8 Å². The summed E-state index contributed by atoms with van der Waals surface area (Å²) in [5, 5.41) is 3.11. The molecule has 1 N–H and O–H groups in total. The van der Waals surface area contributed by atoms with Crippen LogP contribution in [0.25, 0.3) is 0 Å². The molecule has 4 nitrogen and oxygen atoms in total. The van der Waals surface area contributed by atoms with Gasteiger partial charge in [-0.25, -0.2) is 0 Å². The fourth-order valence-electron chi connectivity index (χ4n) is 3.49. The molecule has 19 heavy (non-hydrogen) atoms. The molecule has 2 fully saturated rings. The molecule has 3 atom stereocenters. The minimum absolute atomic E-state index is 0.00726. The zero-order valence-electron chi connectivity index (χ0n) is 12.3. The molecule has 3 unspecified atom stereocenters. The normalized spacial score (nSPS) is 32.1. The average molecular weight is 266 g/mol. The van der Waals surface area contributed by atoms with Gasteiger partial charge in [-0.2, -0.15) is 0 Å². The summed E-state index contributed by atoms with van der Waals surface area (Å²) in [6.45, 7) is 3.87. The minimum Gasteiger partial charge on any atom is -0.328 e. The van der Waals surface area contributed by atoms with Gasteiger partial charge in [-0.1, -0.05) is 13.8 Å². The summed E-state index contributed by atoms with van der Waals surface area (Å²) in [6.07, 6.45) is 5.99. The summed E-state index contributed by atoms with van der Waals surface area (Å²) in [7, 11) is 1.84. The number of nitrogens with one attached hydrogen (secondary N) is 1. The number of piperidine rings is 1. The Morgan fingerprint density at radius 3 is 2.42 bits per heavy atom. The molecule has 0 aromatic carbocycles. The molecule has 108 valence electrons. The van der Waals surface area contributed by atoms with Gasteiger partial charge in [0, 0.05) is 12.0 Å². The molecule has 0 aromatic rings. The predicted molar refractivity (Wildman–Crippen MR) is 74.8 cm³/mol. The third kappa shape index (κ3) is 2.83. The molecule has 0 spiro atoms. The average Bonchev–Trinajstić information content (AvgIpc) is 2.57. The predicted octanol–water partition coefficient (Wildman–Crippen LogP) is 1.73. The second-order valence-corrected chi connectivity index (χ2v) is 6.18. The molecule has 2 aliphatic rings. The lowest BCUT2D eigenvalue weighted by atomic mass is 9.88. The third-order valence-corrected chi connectivity index (χ3v) is 4.57. The summed E-state index contributed by atoms with van der Waals surface area (Å²) in [5.41, 5.74) is 0. The molecular formula is C15H26N2O2. The van der Waals surface area contributed by atoms with Crippen LogP contribution in [-0.2, 0) is 9.59 Å². The Labute approximate surface area is 115 Å². The number of rotatable bonds is 3. The number of likely N-dealkylation sites (N-methyl/N-ethyl adjacent to an activating group) is 1. The van der Waals surface area contributed by atoms with Gasteiger partial charge in [-0.3, -0.25) is 9.59 Å². The van der Waals surface area contributed by atoms with Crippen molar-refractivity contribution in [3.05, 3.63) is 0 Å². The van der Waals surface area contributed by atoms with Crippen molar-refractivity contribution < 1.29 is 9.59 Å². The van der Waals surface area contributed by atoms with Crippen LogP contribution in [0.2, 0.25) is 0 Å². The van der Waals surface area contributed by atoms with Gasteiger partial charge in [-0.15, -0.1) is 0 Å². The first-order valence-corrected chi connectivity index (χ1v) is 7.59. The second-order valence-electron chi connectivity index (χ2n) is 6.18. The van der Waals surface area contributed by atoms with Crippen LogP contribution in [0.15, 0.2) is 0 Å². The Kier molecular flexibility index (Phi) is 4.61. The van der Waals surface area contributed by atoms with Crippen LogP contribution < -0.4 is 5.32 Å². The Hall–Kier alpha value is -0.900. The molecule has 2 rings (SSSR count). The van der Waals surface area contributed by atoms with E-state index >= 15 is 0 Å². The van der Waals surface area contributed by atoms with Crippen molar-refractivity contribution in [3.63, 3.8) is 0 Å². The van der Waals surface area contributed by atoms with Crippen LogP contribution in [0.3, 0.4) is 0 Å². The van der Waals surface area contributed by atoms with Crippen molar-refractivity contribution in [3.8, 4) is 0 Å². The highest BCUT2D eigenvalue weighted by molar-refractivity contribution is 5.92. The molecule has 0 aromatic heterocycles. The highest BCUT2D eigenvalue weighted by atomic mass is 16.2. The van der Waals surface area contributed by atoms with Gasteiger partial charge in [-0.05, 0) is 45.6 Å². The van der Waals surface area contributed by atoms with Gasteiger partial charge in [0.15, 0.2) is 5.78 Å². The van der Waals surface area contributed by atoms with E-state index in [1.54, 1.807) is 0 Å². The summed E-state index contributed by atoms with van der Waals surface area (Å²) in [5.74, 6) is 0.381. The molecule has 2 aliphatic heterocycles. The number of carbonyl (C=O) groups is 2. The first-order valence-electron chi connectivity index (χ1n) is 7.59. The quantitative estimate of drug-likeness (QED) is 0.846. The smallest absolute Gasteiger partial charge is 0.240 e. The van der Waals surface area contributed by atoms with E-state index in [4.69, 9.17) is 0 Å². The summed E-state index contributed by atoms with van der Waals surface area (Å²) >= 11 is 0. The maximum Gasteiger partial charge on any atom is 0.240 e. The number of nitrogens with zero attached hydrogens (tertiary/aromatic N) is 1. The molecule has 0 radical (unpaired) electrons. The van der Waals surface area contributed by atoms with Crippen molar-refractivity contribution in [2.45, 2.75) is 70.5 Å². The minimum atomic E-state index is -0.180. The first kappa shape index (κ1) is 14.5. The maximum absolute atomic E-state index is 12.7. The van der Waals surface area contributed by atoms with Crippen LogP contribution >= 0.6 is 0 Å². The van der Waals surface area contributed by atoms with Gasteiger partial charge in [0.25, 0.3) is 0 Å². The first-order chi connectivity index (χ1) is 9.06. The van der Waals surface area contributed by atoms with E-state index in [1.165, 1.54) is 0 Å². The topological polar surface area (TPSA) is 49.4 Å². The van der Waals surface area contributed by atoms with E-state index in [2.05, 4.69) is 5.32 Å². The van der Waals surface area contributed by atoms with E-state index < -0.39 is 0 Å². The van der Waals surface area contributed by atoms with Gasteiger partial charge >= 0.3 is 0 Å². The summed E-state index contributed by atoms with van der Waals surface area (Å²) < 4.78 is 0. The van der Waals surface area contributed by atoms with E-state index in [0.29, 0.717) is 0 Å². The van der Waals surface area contributed by atoms with E-state index in [9.17, 15) is 9.59 Å². The lowest BCUT2D eigenvalue weighted by Gasteiger charge is -2.42. The largest absolute Gasteiger partial charge is 0.328 e. The van der Waals surface area contributed by atoms with Crippen LogP contribution in [0, 0.1) is 5.92 Å². The Balaban J connectivity index is 2.25. The molecule has 0 saturated carbocycles. The number of ketones is 1. The lowest BCUT2D eigenvalue weighted by Crippen LogP contribution is -2.57. The van der Waals surface area contributed by atoms with Gasteiger partial charge in [0.05, 0.1) is 12.1 Å². The van der Waals surface area contributed by atoms with Crippen LogP contribution in [0.1, 0.15) is 52.4 Å². The van der Waals surface area contributed by atoms with Crippen LogP contribution in [0.4, 0.5) is 0 Å². The Morgan fingerprint density at radius 1 is 1.21 bits per heavy atom. The van der Waals surface area contributed by atoms with Crippen molar-refractivity contribution >= 4 is 11.7 Å². The fourth-order valence-corrected chi connectivity index (χ4v) is 3.49. The molecular weight excluding hydrogens is 240 g/mol. The number of carbonyl (C=O) groups excluding carboxylic acids is 2. The number of Topliss-reactive ketones (excluding diaryl/α,β-unsaturated/α-hetero) is 1. The highest BCUT2D eigenvalue weighted by Gasteiger charge is 2.41. The standard InChI is InChI=1S/C15H26N2O2/c1-10(2)14(18)13-9-5-7-11-6-4-8-12(16-3)15(19)17(11)13/h10-13,16H,4-9H2,1-3H3. The van der Waals surface area contributed by atoms with Crippen molar-refractivity contribution in [2.24, 2.45) is 5.92 Å². The monoisotopic (exact) mass is 266 g/mol. The number of fused-ring (bicyclic) bond motifs is 1. The Morgan fingerprint density at radius 2 is 1.84 bits per heavy atom. The third-order valence-electron chi connectivity index (χ3n) is 4.57. The number of hydrogen-bond acceptors (Lipinski definition) is 3. The van der Waals surface area contributed by atoms with E-state index in [0.717, 1.165) is 38.5 Å². The molecule has 1 amide bonds. The summed E-state index contributed by atoms with van der Waals surface area (Å²) in [4.78, 5) is 27.0. The second kappa shape index (κ2) is 6.04. The number of hydrogen-bond donors (Lipinski definition) is 1. The molecule has 2 heterocycles. The van der Waals surface area contributed by atoms with Gasteiger partial charge in [0.2, 0.25) is 5.91 Å². The van der Waals surface area contributed by atoms with Crippen molar-refractivity contribution in [2.75, 3.05) is 7.05 Å². The SMILES string of the molecule is CNC1CCCC2CCCC(C(=O)C(C)C)N2C1=O. The van der Waals surface area contributed by atoms with Crippen molar-refractivity contribution in [1.82, 2.24) is 10.2 Å². The maximum atomic E-state index is 12.7. The summed E-state index contributed by atoms with van der Waals surface area (Å²) in [6, 6.07) is -0.00179. The Bertz CT molecular complexity index is 354. The zero-order valence-corrected chi connectivity index (χ0v) is 12.3. The van der Waals surface area contributed by atoms with E-state index in [-0.39, 0.29) is 35.7 Å². The zero-order chi connectivity index (χ0) is 14.0. The molecule has 4 heteroatoms. The van der Waals surface area contributed by atoms with Crippen molar-refractivity contribution in [1.29, 1.82) is 0 Å². The van der Waals surface area contributed by atoms with E-state index in [1.807, 2.05) is 25.8 Å². The lowest BCUT2D eigenvalue weighted by molar-refractivity contribution is -0.146. The highest BCUT2D eigenvalue weighted by Crippen LogP contribution is 2.31. The van der Waals surface area contributed by atoms with Crippen LogP contribution in [0.5, 0.6) is 0 Å².